The third-order valence-corrected chi connectivity index (χ3v) is 3.73. The van der Waals surface area contributed by atoms with E-state index in [0.717, 1.165) is 24.2 Å². The number of guanidine groups is 1. The van der Waals surface area contributed by atoms with Crippen LogP contribution in [0.25, 0.3) is 0 Å². The monoisotopic (exact) mass is 329 g/mol. The minimum atomic E-state index is -0.425. The lowest BCUT2D eigenvalue weighted by Crippen LogP contribution is -2.32. The first-order chi connectivity index (χ1) is 11.7. The second-order valence-corrected chi connectivity index (χ2v) is 5.68. The summed E-state index contributed by atoms with van der Waals surface area (Å²) in [5.41, 5.74) is 1.22. The van der Waals surface area contributed by atoms with E-state index in [1.807, 2.05) is 24.3 Å². The standard InChI is InChI=1S/C18H20FN3O2/c1-24-17-5-3-2-4-12(17)11-20-18(21-14-7-8-14)22-15-10-13(19)6-9-16(15)23/h2-6,9-10,14,23H,7-8,11H2,1H3,(H2,20,21,22). The molecule has 0 amide bonds. The third kappa shape index (κ3) is 4.16. The molecule has 0 saturated heterocycles. The second kappa shape index (κ2) is 7.21. The van der Waals surface area contributed by atoms with Crippen LogP contribution in [0.1, 0.15) is 18.4 Å². The molecule has 1 aliphatic rings. The zero-order chi connectivity index (χ0) is 16.9. The smallest absolute Gasteiger partial charge is 0.196 e. The Morgan fingerprint density at radius 2 is 2.08 bits per heavy atom. The second-order valence-electron chi connectivity index (χ2n) is 5.68. The fraction of sp³-hybridized carbons (Fsp3) is 0.278. The van der Waals surface area contributed by atoms with E-state index >= 15 is 0 Å². The highest BCUT2D eigenvalue weighted by atomic mass is 19.1. The lowest BCUT2D eigenvalue weighted by molar-refractivity contribution is 0.410. The Labute approximate surface area is 140 Å². The molecule has 0 heterocycles. The number of nitrogens with one attached hydrogen (secondary N) is 2. The van der Waals surface area contributed by atoms with Crippen LogP contribution in [0.4, 0.5) is 10.1 Å². The summed E-state index contributed by atoms with van der Waals surface area (Å²) in [7, 11) is 1.62. The average molecular weight is 329 g/mol. The molecule has 2 aromatic rings. The number of anilines is 1. The van der Waals surface area contributed by atoms with E-state index in [4.69, 9.17) is 4.74 Å². The molecule has 0 aliphatic heterocycles. The van der Waals surface area contributed by atoms with Crippen LogP contribution in [-0.2, 0) is 6.54 Å². The molecule has 0 unspecified atom stereocenters. The van der Waals surface area contributed by atoms with Gasteiger partial charge in [0, 0.05) is 17.7 Å². The number of methoxy groups -OCH3 is 1. The topological polar surface area (TPSA) is 65.9 Å². The number of ether oxygens (including phenoxy) is 1. The minimum Gasteiger partial charge on any atom is -0.506 e. The maximum absolute atomic E-state index is 13.4. The SMILES string of the molecule is COc1ccccc1CN=C(Nc1cc(F)ccc1O)NC1CC1. The Kier molecular flexibility index (Phi) is 4.84. The Hall–Kier alpha value is -2.76. The predicted octanol–water partition coefficient (Wildman–Crippen LogP) is 3.26. The molecule has 3 N–H and O–H groups in total. The van der Waals surface area contributed by atoms with Crippen molar-refractivity contribution in [1.29, 1.82) is 0 Å². The summed E-state index contributed by atoms with van der Waals surface area (Å²) in [6.07, 6.45) is 2.15. The first-order valence-electron chi connectivity index (χ1n) is 7.84. The van der Waals surface area contributed by atoms with Gasteiger partial charge in [-0.15, -0.1) is 0 Å². The number of hydrogen-bond acceptors (Lipinski definition) is 3. The molecule has 6 heteroatoms. The number of para-hydroxylation sites is 1. The molecule has 1 saturated carbocycles. The summed E-state index contributed by atoms with van der Waals surface area (Å²) in [6.45, 7) is 0.405. The molecular weight excluding hydrogens is 309 g/mol. The predicted molar refractivity (Wildman–Crippen MR) is 92.0 cm³/mol. The van der Waals surface area contributed by atoms with E-state index < -0.39 is 5.82 Å². The Morgan fingerprint density at radius 3 is 2.83 bits per heavy atom. The quantitative estimate of drug-likeness (QED) is 0.447. The maximum Gasteiger partial charge on any atom is 0.196 e. The maximum atomic E-state index is 13.4. The molecule has 5 nitrogen and oxygen atoms in total. The van der Waals surface area contributed by atoms with Gasteiger partial charge in [0.25, 0.3) is 0 Å². The van der Waals surface area contributed by atoms with Gasteiger partial charge >= 0.3 is 0 Å². The van der Waals surface area contributed by atoms with Crippen LogP contribution < -0.4 is 15.4 Å². The highest BCUT2D eigenvalue weighted by Gasteiger charge is 2.22. The van der Waals surface area contributed by atoms with Gasteiger partial charge in [-0.2, -0.15) is 0 Å². The van der Waals surface area contributed by atoms with Crippen LogP contribution in [-0.4, -0.2) is 24.2 Å². The Morgan fingerprint density at radius 1 is 1.29 bits per heavy atom. The molecule has 24 heavy (non-hydrogen) atoms. The van der Waals surface area contributed by atoms with Crippen LogP contribution in [0.3, 0.4) is 0 Å². The molecule has 126 valence electrons. The van der Waals surface area contributed by atoms with Crippen molar-refractivity contribution in [1.82, 2.24) is 5.32 Å². The van der Waals surface area contributed by atoms with Gasteiger partial charge in [-0.25, -0.2) is 9.38 Å². The molecule has 0 aromatic heterocycles. The molecule has 0 atom stereocenters. The first kappa shape index (κ1) is 16.1. The van der Waals surface area contributed by atoms with E-state index in [1.165, 1.54) is 18.2 Å². The number of aromatic hydroxyl groups is 1. The number of phenols is 1. The number of halogens is 1. The molecule has 0 radical (unpaired) electrons. The zero-order valence-corrected chi connectivity index (χ0v) is 13.4. The van der Waals surface area contributed by atoms with Gasteiger partial charge in [-0.05, 0) is 31.0 Å². The molecule has 2 aromatic carbocycles. The van der Waals surface area contributed by atoms with Crippen molar-refractivity contribution in [2.45, 2.75) is 25.4 Å². The largest absolute Gasteiger partial charge is 0.506 e. The van der Waals surface area contributed by atoms with E-state index in [2.05, 4.69) is 15.6 Å². The molecule has 3 rings (SSSR count). The van der Waals surface area contributed by atoms with Gasteiger partial charge in [0.2, 0.25) is 0 Å². The Balaban J connectivity index is 1.79. The summed E-state index contributed by atoms with van der Waals surface area (Å²) in [5, 5.41) is 16.1. The highest BCUT2D eigenvalue weighted by molar-refractivity contribution is 5.95. The minimum absolute atomic E-state index is 0.0287. The van der Waals surface area contributed by atoms with Crippen molar-refractivity contribution in [3.8, 4) is 11.5 Å². The lowest BCUT2D eigenvalue weighted by Gasteiger charge is -2.14. The van der Waals surface area contributed by atoms with Crippen LogP contribution >= 0.6 is 0 Å². The highest BCUT2D eigenvalue weighted by Crippen LogP contribution is 2.25. The molecule has 1 fully saturated rings. The van der Waals surface area contributed by atoms with Crippen molar-refractivity contribution < 1.29 is 14.2 Å². The number of benzene rings is 2. The van der Waals surface area contributed by atoms with Crippen molar-refractivity contribution in [3.05, 3.63) is 53.8 Å². The van der Waals surface area contributed by atoms with Crippen LogP contribution in [0.15, 0.2) is 47.5 Å². The fourth-order valence-corrected chi connectivity index (χ4v) is 2.28. The van der Waals surface area contributed by atoms with Gasteiger partial charge in [-0.1, -0.05) is 18.2 Å². The summed E-state index contributed by atoms with van der Waals surface area (Å²) < 4.78 is 18.7. The zero-order valence-electron chi connectivity index (χ0n) is 13.4. The summed E-state index contributed by atoms with van der Waals surface area (Å²) in [6, 6.07) is 11.8. The summed E-state index contributed by atoms with van der Waals surface area (Å²) in [5.74, 6) is 0.815. The van der Waals surface area contributed by atoms with E-state index in [-0.39, 0.29) is 11.4 Å². The van der Waals surface area contributed by atoms with Crippen molar-refractivity contribution in [2.75, 3.05) is 12.4 Å². The summed E-state index contributed by atoms with van der Waals surface area (Å²) >= 11 is 0. The molecular formula is C18H20FN3O2. The van der Waals surface area contributed by atoms with Crippen LogP contribution in [0, 0.1) is 5.82 Å². The number of nitrogens with zero attached hydrogens (tertiary/aromatic N) is 1. The van der Waals surface area contributed by atoms with Gasteiger partial charge < -0.3 is 20.5 Å². The van der Waals surface area contributed by atoms with Crippen LogP contribution in [0.5, 0.6) is 11.5 Å². The normalized spacial score (nSPS) is 14.3. The number of aliphatic imine (C=N–C) groups is 1. The molecule has 0 bridgehead atoms. The van der Waals surface area contributed by atoms with Gasteiger partial charge in [0.15, 0.2) is 5.96 Å². The molecule has 1 aliphatic carbocycles. The van der Waals surface area contributed by atoms with Gasteiger partial charge in [-0.3, -0.25) is 0 Å². The lowest BCUT2D eigenvalue weighted by atomic mass is 10.2. The summed E-state index contributed by atoms with van der Waals surface area (Å²) in [4.78, 5) is 4.53. The fourth-order valence-electron chi connectivity index (χ4n) is 2.28. The Bertz CT molecular complexity index is 745. The van der Waals surface area contributed by atoms with E-state index in [9.17, 15) is 9.50 Å². The van der Waals surface area contributed by atoms with Crippen LogP contribution in [0.2, 0.25) is 0 Å². The van der Waals surface area contributed by atoms with Crippen molar-refractivity contribution >= 4 is 11.6 Å². The van der Waals surface area contributed by atoms with Crippen molar-refractivity contribution in [3.63, 3.8) is 0 Å². The van der Waals surface area contributed by atoms with Gasteiger partial charge in [0.1, 0.15) is 17.3 Å². The number of rotatable bonds is 5. The van der Waals surface area contributed by atoms with Crippen molar-refractivity contribution in [2.24, 2.45) is 4.99 Å². The van der Waals surface area contributed by atoms with E-state index in [0.29, 0.717) is 18.5 Å². The van der Waals surface area contributed by atoms with Gasteiger partial charge in [0.05, 0.1) is 19.3 Å². The first-order valence-corrected chi connectivity index (χ1v) is 7.84. The number of hydrogen-bond donors (Lipinski definition) is 3. The van der Waals surface area contributed by atoms with E-state index in [1.54, 1.807) is 7.11 Å². The third-order valence-electron chi connectivity index (χ3n) is 3.73. The number of phenolic OH excluding ortho intramolecular Hbond substituents is 1. The average Bonchev–Trinajstić information content (AvgIpc) is 3.40. The molecule has 0 spiro atoms.